The predicted molar refractivity (Wildman–Crippen MR) is 65.2 cm³/mol. The summed E-state index contributed by atoms with van der Waals surface area (Å²) in [4.78, 5) is 15.3. The maximum atomic E-state index is 12.6. The first-order chi connectivity index (χ1) is 7.87. The van der Waals surface area contributed by atoms with E-state index in [-0.39, 0.29) is 17.3 Å². The van der Waals surface area contributed by atoms with Crippen molar-refractivity contribution < 1.29 is 9.18 Å². The van der Waals surface area contributed by atoms with Crippen LogP contribution in [-0.2, 0) is 4.79 Å². The summed E-state index contributed by atoms with van der Waals surface area (Å²) in [6.07, 6.45) is 1.49. The van der Waals surface area contributed by atoms with Crippen LogP contribution in [0.3, 0.4) is 0 Å². The highest BCUT2D eigenvalue weighted by Crippen LogP contribution is 2.03. The van der Waals surface area contributed by atoms with Crippen molar-refractivity contribution in [1.82, 2.24) is 10.3 Å². The zero-order valence-electron chi connectivity index (χ0n) is 10.4. The van der Waals surface area contributed by atoms with E-state index >= 15 is 0 Å². The van der Waals surface area contributed by atoms with Gasteiger partial charge in [-0.1, -0.05) is 0 Å². The molecule has 0 saturated carbocycles. The number of anilines is 1. The molecule has 1 amide bonds. The Kier molecular flexibility index (Phi) is 4.43. The fourth-order valence-corrected chi connectivity index (χ4v) is 1.27. The van der Waals surface area contributed by atoms with Gasteiger partial charge in [0, 0.05) is 18.5 Å². The van der Waals surface area contributed by atoms with Gasteiger partial charge >= 0.3 is 0 Å². The third-order valence-electron chi connectivity index (χ3n) is 1.90. The Labute approximate surface area is 101 Å². The van der Waals surface area contributed by atoms with E-state index in [0.29, 0.717) is 18.8 Å². The van der Waals surface area contributed by atoms with Crippen LogP contribution in [-0.4, -0.2) is 23.0 Å². The van der Waals surface area contributed by atoms with Crippen molar-refractivity contribution in [2.75, 3.05) is 11.9 Å². The van der Waals surface area contributed by atoms with Crippen molar-refractivity contribution in [3.05, 3.63) is 24.1 Å². The third-order valence-corrected chi connectivity index (χ3v) is 1.90. The molecular formula is C12H18FN3O. The van der Waals surface area contributed by atoms with E-state index in [2.05, 4.69) is 15.6 Å². The maximum Gasteiger partial charge on any atom is 0.222 e. The van der Waals surface area contributed by atoms with Crippen molar-refractivity contribution in [2.24, 2.45) is 0 Å². The average molecular weight is 239 g/mol. The lowest BCUT2D eigenvalue weighted by Crippen LogP contribution is -2.41. The highest BCUT2D eigenvalue weighted by molar-refractivity contribution is 5.77. The summed E-state index contributed by atoms with van der Waals surface area (Å²) in [5, 5.41) is 5.81. The minimum Gasteiger partial charge on any atom is -0.370 e. The van der Waals surface area contributed by atoms with Crippen molar-refractivity contribution in [3.8, 4) is 0 Å². The van der Waals surface area contributed by atoms with Crippen LogP contribution in [0.5, 0.6) is 0 Å². The molecule has 0 saturated heterocycles. The summed E-state index contributed by atoms with van der Waals surface area (Å²) >= 11 is 0. The zero-order chi connectivity index (χ0) is 12.9. The SMILES string of the molecule is CC(C)(C)NC(=O)CCNc1ccc(F)cn1. The monoisotopic (exact) mass is 239 g/mol. The molecule has 0 fully saturated rings. The highest BCUT2D eigenvalue weighted by Gasteiger charge is 2.12. The highest BCUT2D eigenvalue weighted by atomic mass is 19.1. The smallest absolute Gasteiger partial charge is 0.222 e. The van der Waals surface area contributed by atoms with Gasteiger partial charge in [0.15, 0.2) is 0 Å². The molecule has 94 valence electrons. The Morgan fingerprint density at radius 2 is 2.12 bits per heavy atom. The average Bonchev–Trinajstić information content (AvgIpc) is 2.18. The van der Waals surface area contributed by atoms with Crippen LogP contribution in [0.2, 0.25) is 0 Å². The van der Waals surface area contributed by atoms with E-state index in [1.54, 1.807) is 0 Å². The summed E-state index contributed by atoms with van der Waals surface area (Å²) in [6.45, 7) is 6.26. The zero-order valence-corrected chi connectivity index (χ0v) is 10.4. The second kappa shape index (κ2) is 5.61. The minimum atomic E-state index is -0.374. The van der Waals surface area contributed by atoms with Crippen LogP contribution in [0.1, 0.15) is 27.2 Å². The normalized spacial score (nSPS) is 11.1. The largest absolute Gasteiger partial charge is 0.370 e. The van der Waals surface area contributed by atoms with E-state index in [4.69, 9.17) is 0 Å². The van der Waals surface area contributed by atoms with Gasteiger partial charge in [-0.2, -0.15) is 0 Å². The maximum absolute atomic E-state index is 12.6. The summed E-state index contributed by atoms with van der Waals surface area (Å²) in [5.74, 6) is 0.170. The molecule has 0 aliphatic heterocycles. The number of nitrogens with one attached hydrogen (secondary N) is 2. The van der Waals surface area contributed by atoms with Gasteiger partial charge in [-0.15, -0.1) is 0 Å². The molecule has 0 atom stereocenters. The van der Waals surface area contributed by atoms with Crippen molar-refractivity contribution in [2.45, 2.75) is 32.7 Å². The molecule has 0 aliphatic rings. The van der Waals surface area contributed by atoms with Crippen LogP contribution < -0.4 is 10.6 Å². The fourth-order valence-electron chi connectivity index (χ4n) is 1.27. The summed E-state index contributed by atoms with van der Waals surface area (Å²) in [6, 6.07) is 2.86. The van der Waals surface area contributed by atoms with Gasteiger partial charge in [0.1, 0.15) is 11.6 Å². The summed E-state index contributed by atoms with van der Waals surface area (Å²) in [5.41, 5.74) is -0.217. The lowest BCUT2D eigenvalue weighted by atomic mass is 10.1. The van der Waals surface area contributed by atoms with Gasteiger partial charge in [0.25, 0.3) is 0 Å². The molecule has 17 heavy (non-hydrogen) atoms. The van der Waals surface area contributed by atoms with Crippen LogP contribution in [0.25, 0.3) is 0 Å². The summed E-state index contributed by atoms with van der Waals surface area (Å²) < 4.78 is 12.6. The van der Waals surface area contributed by atoms with E-state index in [0.717, 1.165) is 6.20 Å². The molecule has 0 unspecified atom stereocenters. The van der Waals surface area contributed by atoms with Gasteiger partial charge in [-0.05, 0) is 32.9 Å². The number of carbonyl (C=O) groups excluding carboxylic acids is 1. The molecule has 1 rings (SSSR count). The van der Waals surface area contributed by atoms with Crippen molar-refractivity contribution >= 4 is 11.7 Å². The Hall–Kier alpha value is -1.65. The molecule has 0 aromatic carbocycles. The molecule has 0 bridgehead atoms. The summed E-state index contributed by atoms with van der Waals surface area (Å²) in [7, 11) is 0. The molecule has 0 spiro atoms. The van der Waals surface area contributed by atoms with Crippen molar-refractivity contribution in [1.29, 1.82) is 0 Å². The van der Waals surface area contributed by atoms with Gasteiger partial charge in [-0.3, -0.25) is 4.79 Å². The van der Waals surface area contributed by atoms with Gasteiger partial charge in [-0.25, -0.2) is 9.37 Å². The van der Waals surface area contributed by atoms with Crippen LogP contribution in [0.4, 0.5) is 10.2 Å². The van der Waals surface area contributed by atoms with E-state index in [9.17, 15) is 9.18 Å². The van der Waals surface area contributed by atoms with Crippen LogP contribution in [0, 0.1) is 5.82 Å². The molecule has 1 heterocycles. The molecule has 2 N–H and O–H groups in total. The molecule has 5 heteroatoms. The predicted octanol–water partition coefficient (Wildman–Crippen LogP) is 1.94. The Morgan fingerprint density at radius 3 is 2.65 bits per heavy atom. The molecular weight excluding hydrogens is 221 g/mol. The standard InChI is InChI=1S/C12H18FN3O/c1-12(2,3)16-11(17)6-7-14-10-5-4-9(13)8-15-10/h4-5,8H,6-7H2,1-3H3,(H,14,15)(H,16,17). The third kappa shape index (κ3) is 5.85. The number of hydrogen-bond donors (Lipinski definition) is 2. The Morgan fingerprint density at radius 1 is 1.41 bits per heavy atom. The first-order valence-electron chi connectivity index (χ1n) is 5.53. The first-order valence-corrected chi connectivity index (χ1v) is 5.53. The number of carbonyl (C=O) groups is 1. The number of aromatic nitrogens is 1. The van der Waals surface area contributed by atoms with E-state index in [1.165, 1.54) is 12.1 Å². The lowest BCUT2D eigenvalue weighted by Gasteiger charge is -2.20. The number of nitrogens with zero attached hydrogens (tertiary/aromatic N) is 1. The lowest BCUT2D eigenvalue weighted by molar-refractivity contribution is -0.122. The van der Waals surface area contributed by atoms with Crippen molar-refractivity contribution in [3.63, 3.8) is 0 Å². The molecule has 0 aliphatic carbocycles. The number of hydrogen-bond acceptors (Lipinski definition) is 3. The second-order valence-electron chi connectivity index (χ2n) is 4.84. The van der Waals surface area contributed by atoms with Crippen LogP contribution >= 0.6 is 0 Å². The van der Waals surface area contributed by atoms with Crippen LogP contribution in [0.15, 0.2) is 18.3 Å². The fraction of sp³-hybridized carbons (Fsp3) is 0.500. The Bertz CT molecular complexity index is 370. The quantitative estimate of drug-likeness (QED) is 0.844. The van der Waals surface area contributed by atoms with Gasteiger partial charge in [0.05, 0.1) is 6.20 Å². The first kappa shape index (κ1) is 13.4. The minimum absolute atomic E-state index is 0.0212. The second-order valence-corrected chi connectivity index (χ2v) is 4.84. The molecule has 0 radical (unpaired) electrons. The number of halogens is 1. The molecule has 1 aromatic rings. The van der Waals surface area contributed by atoms with Gasteiger partial charge in [0.2, 0.25) is 5.91 Å². The van der Waals surface area contributed by atoms with E-state index < -0.39 is 0 Å². The number of rotatable bonds is 4. The number of pyridine rings is 1. The Balaban J connectivity index is 2.28. The topological polar surface area (TPSA) is 54.0 Å². The van der Waals surface area contributed by atoms with Gasteiger partial charge < -0.3 is 10.6 Å². The number of amides is 1. The molecule has 1 aromatic heterocycles. The van der Waals surface area contributed by atoms with E-state index in [1.807, 2.05) is 20.8 Å². The molecule has 4 nitrogen and oxygen atoms in total.